The van der Waals surface area contributed by atoms with Gasteiger partial charge in [-0.05, 0) is 18.8 Å². The summed E-state index contributed by atoms with van der Waals surface area (Å²) in [5, 5.41) is 10.1. The fraction of sp³-hybridized carbons (Fsp3) is 0.556. The van der Waals surface area contributed by atoms with Crippen molar-refractivity contribution in [1.82, 2.24) is 5.32 Å². The van der Waals surface area contributed by atoms with Gasteiger partial charge < -0.3 is 10.4 Å². The van der Waals surface area contributed by atoms with Gasteiger partial charge in [-0.2, -0.15) is 13.2 Å². The lowest BCUT2D eigenvalue weighted by atomic mass is 9.80. The molecule has 0 aromatic rings. The number of aliphatic carboxylic acids is 1. The molecule has 0 atom stereocenters. The van der Waals surface area contributed by atoms with Crippen LogP contribution >= 0.6 is 0 Å². The van der Waals surface area contributed by atoms with E-state index in [1.807, 2.05) is 0 Å². The lowest BCUT2D eigenvalue weighted by Crippen LogP contribution is -2.41. The van der Waals surface area contributed by atoms with Crippen LogP contribution in [0.5, 0.6) is 0 Å². The van der Waals surface area contributed by atoms with Gasteiger partial charge in [-0.1, -0.05) is 5.57 Å². The molecular formula is C9H10F3NO3. The van der Waals surface area contributed by atoms with E-state index in [1.165, 1.54) is 0 Å². The number of carbonyl (C=O) groups excluding carboxylic acids is 1. The van der Waals surface area contributed by atoms with Crippen LogP contribution in [0.3, 0.4) is 0 Å². The predicted octanol–water partition coefficient (Wildman–Crippen LogP) is 1.09. The van der Waals surface area contributed by atoms with E-state index in [2.05, 4.69) is 0 Å². The monoisotopic (exact) mass is 237 g/mol. The van der Waals surface area contributed by atoms with Crippen LogP contribution in [0.4, 0.5) is 13.2 Å². The number of carboxylic acid groups (broad SMARTS) is 1. The summed E-state index contributed by atoms with van der Waals surface area (Å²) < 4.78 is 35.3. The summed E-state index contributed by atoms with van der Waals surface area (Å²) in [7, 11) is 0. The van der Waals surface area contributed by atoms with E-state index in [4.69, 9.17) is 5.11 Å². The van der Waals surface area contributed by atoms with E-state index in [0.717, 1.165) is 6.08 Å². The second-order valence-corrected chi connectivity index (χ2v) is 3.62. The molecule has 1 fully saturated rings. The summed E-state index contributed by atoms with van der Waals surface area (Å²) in [6, 6.07) is 0. The van der Waals surface area contributed by atoms with Crippen LogP contribution in [0.2, 0.25) is 0 Å². The van der Waals surface area contributed by atoms with Crippen molar-refractivity contribution in [2.75, 3.05) is 6.54 Å². The van der Waals surface area contributed by atoms with Gasteiger partial charge in [-0.25, -0.2) is 4.79 Å². The number of amides is 1. The van der Waals surface area contributed by atoms with Crippen molar-refractivity contribution in [3.63, 3.8) is 0 Å². The summed E-state index contributed by atoms with van der Waals surface area (Å²) in [5.74, 6) is -3.12. The molecule has 0 radical (unpaired) electrons. The summed E-state index contributed by atoms with van der Waals surface area (Å²) in [5.41, 5.74) is 0.679. The Balaban J connectivity index is 2.24. The second-order valence-electron chi connectivity index (χ2n) is 3.62. The first-order valence-electron chi connectivity index (χ1n) is 4.56. The first kappa shape index (κ1) is 12.5. The highest BCUT2D eigenvalue weighted by molar-refractivity contribution is 5.82. The molecule has 0 saturated heterocycles. The summed E-state index contributed by atoms with van der Waals surface area (Å²) in [4.78, 5) is 20.6. The highest BCUT2D eigenvalue weighted by atomic mass is 19.4. The van der Waals surface area contributed by atoms with E-state index in [9.17, 15) is 22.8 Å². The minimum absolute atomic E-state index is 0.0741. The quantitative estimate of drug-likeness (QED) is 0.722. The number of allylic oxidation sites excluding steroid dienone is 1. The number of hydrogen-bond donors (Lipinski definition) is 2. The molecule has 0 unspecified atom stereocenters. The zero-order valence-corrected chi connectivity index (χ0v) is 8.17. The van der Waals surface area contributed by atoms with E-state index in [-0.39, 0.29) is 12.5 Å². The van der Waals surface area contributed by atoms with E-state index in [0.29, 0.717) is 18.4 Å². The Labute approximate surface area is 89.1 Å². The number of rotatable bonds is 3. The Morgan fingerprint density at radius 2 is 2.00 bits per heavy atom. The van der Waals surface area contributed by atoms with Crippen LogP contribution in [0.25, 0.3) is 0 Å². The molecule has 90 valence electrons. The number of alkyl halides is 3. The number of nitrogens with one attached hydrogen (secondary N) is 1. The minimum atomic E-state index is -4.86. The third-order valence-corrected chi connectivity index (χ3v) is 2.24. The highest BCUT2D eigenvalue weighted by Crippen LogP contribution is 2.32. The van der Waals surface area contributed by atoms with Gasteiger partial charge in [-0.15, -0.1) is 0 Å². The molecular weight excluding hydrogens is 227 g/mol. The van der Waals surface area contributed by atoms with E-state index < -0.39 is 18.1 Å². The molecule has 16 heavy (non-hydrogen) atoms. The molecule has 2 N–H and O–H groups in total. The molecule has 7 heteroatoms. The van der Waals surface area contributed by atoms with Gasteiger partial charge in [0.15, 0.2) is 0 Å². The third kappa shape index (κ3) is 3.56. The Kier molecular flexibility index (Phi) is 3.56. The molecule has 1 aliphatic rings. The Bertz CT molecular complexity index is 327. The SMILES string of the molecule is O=C(O)C=C1CC(CNC(=O)C(F)(F)F)C1. The largest absolute Gasteiger partial charge is 0.478 e. The predicted molar refractivity (Wildman–Crippen MR) is 47.5 cm³/mol. The molecule has 0 aromatic carbocycles. The van der Waals surface area contributed by atoms with E-state index in [1.54, 1.807) is 5.32 Å². The molecule has 0 bridgehead atoms. The van der Waals surface area contributed by atoms with Crippen molar-refractivity contribution >= 4 is 11.9 Å². The standard InChI is InChI=1S/C9H10F3NO3/c10-9(11,12)8(16)13-4-6-1-5(2-6)3-7(14)15/h3,6H,1-2,4H2,(H,13,16)(H,14,15). The van der Waals surface area contributed by atoms with Crippen molar-refractivity contribution < 1.29 is 27.9 Å². The fourth-order valence-electron chi connectivity index (χ4n) is 1.46. The fourth-order valence-corrected chi connectivity index (χ4v) is 1.46. The van der Waals surface area contributed by atoms with Crippen molar-refractivity contribution in [2.45, 2.75) is 19.0 Å². The Morgan fingerprint density at radius 1 is 1.44 bits per heavy atom. The molecule has 1 rings (SSSR count). The van der Waals surface area contributed by atoms with Gasteiger partial charge in [0.1, 0.15) is 0 Å². The number of hydrogen-bond acceptors (Lipinski definition) is 2. The zero-order chi connectivity index (χ0) is 12.3. The number of carbonyl (C=O) groups is 2. The van der Waals surface area contributed by atoms with Crippen molar-refractivity contribution in [1.29, 1.82) is 0 Å². The average Bonchev–Trinajstić information content (AvgIpc) is 2.05. The van der Waals surface area contributed by atoms with Crippen LogP contribution in [-0.4, -0.2) is 29.7 Å². The maximum atomic E-state index is 11.8. The topological polar surface area (TPSA) is 66.4 Å². The Morgan fingerprint density at radius 3 is 2.44 bits per heavy atom. The summed E-state index contributed by atoms with van der Waals surface area (Å²) >= 11 is 0. The zero-order valence-electron chi connectivity index (χ0n) is 8.17. The maximum absolute atomic E-state index is 11.8. The lowest BCUT2D eigenvalue weighted by molar-refractivity contribution is -0.173. The molecule has 1 aliphatic carbocycles. The van der Waals surface area contributed by atoms with Crippen LogP contribution in [-0.2, 0) is 9.59 Å². The first-order valence-corrected chi connectivity index (χ1v) is 4.56. The lowest BCUT2D eigenvalue weighted by Gasteiger charge is -2.29. The number of halogens is 3. The van der Waals surface area contributed by atoms with E-state index >= 15 is 0 Å². The molecule has 1 amide bonds. The molecule has 1 saturated carbocycles. The van der Waals surface area contributed by atoms with Gasteiger partial charge in [-0.3, -0.25) is 4.79 Å². The maximum Gasteiger partial charge on any atom is 0.471 e. The van der Waals surface area contributed by atoms with Crippen molar-refractivity contribution in [2.24, 2.45) is 5.92 Å². The third-order valence-electron chi connectivity index (χ3n) is 2.24. The van der Waals surface area contributed by atoms with Crippen LogP contribution in [0, 0.1) is 5.92 Å². The smallest absolute Gasteiger partial charge is 0.471 e. The first-order chi connectivity index (χ1) is 7.29. The molecule has 4 nitrogen and oxygen atoms in total. The minimum Gasteiger partial charge on any atom is -0.478 e. The second kappa shape index (κ2) is 4.54. The summed E-state index contributed by atoms with van der Waals surface area (Å²) in [6.07, 6.45) is -2.97. The molecule has 0 spiro atoms. The Hall–Kier alpha value is -1.53. The normalized spacial score (nSPS) is 19.9. The van der Waals surface area contributed by atoms with Gasteiger partial charge in [0.05, 0.1) is 0 Å². The van der Waals surface area contributed by atoms with Crippen molar-refractivity contribution in [3.8, 4) is 0 Å². The summed E-state index contributed by atoms with van der Waals surface area (Å²) in [6.45, 7) is -0.0741. The highest BCUT2D eigenvalue weighted by Gasteiger charge is 2.39. The molecule has 0 aliphatic heterocycles. The van der Waals surface area contributed by atoms with Crippen molar-refractivity contribution in [3.05, 3.63) is 11.6 Å². The van der Waals surface area contributed by atoms with Crippen LogP contribution in [0.1, 0.15) is 12.8 Å². The van der Waals surface area contributed by atoms with Crippen LogP contribution < -0.4 is 5.32 Å². The number of carboxylic acids is 1. The van der Waals surface area contributed by atoms with Crippen LogP contribution in [0.15, 0.2) is 11.6 Å². The van der Waals surface area contributed by atoms with Gasteiger partial charge in [0.2, 0.25) is 0 Å². The average molecular weight is 237 g/mol. The molecule has 0 heterocycles. The van der Waals surface area contributed by atoms with Gasteiger partial charge in [0, 0.05) is 12.6 Å². The van der Waals surface area contributed by atoms with Gasteiger partial charge >= 0.3 is 18.1 Å². The molecule has 0 aromatic heterocycles. The van der Waals surface area contributed by atoms with Gasteiger partial charge in [0.25, 0.3) is 0 Å².